The zero-order chi connectivity index (χ0) is 15.4. The molecule has 0 saturated heterocycles. The Morgan fingerprint density at radius 2 is 2.09 bits per heavy atom. The fourth-order valence-electron chi connectivity index (χ4n) is 2.87. The van der Waals surface area contributed by atoms with Gasteiger partial charge in [-0.2, -0.15) is 0 Å². The summed E-state index contributed by atoms with van der Waals surface area (Å²) < 4.78 is 0. The molecular formula is C17H20N2O2S. The van der Waals surface area contributed by atoms with Crippen LogP contribution in [-0.2, 0) is 4.79 Å². The molecule has 0 bridgehead atoms. The summed E-state index contributed by atoms with van der Waals surface area (Å²) in [5.41, 5.74) is 0. The molecule has 1 heterocycles. The Labute approximate surface area is 134 Å². The molecule has 2 N–H and O–H groups in total. The van der Waals surface area contributed by atoms with Gasteiger partial charge in [-0.05, 0) is 24.3 Å². The van der Waals surface area contributed by atoms with E-state index in [0.717, 1.165) is 41.5 Å². The van der Waals surface area contributed by atoms with Crippen LogP contribution in [-0.4, -0.2) is 33.9 Å². The summed E-state index contributed by atoms with van der Waals surface area (Å²) in [7, 11) is 0. The lowest BCUT2D eigenvalue weighted by molar-refractivity contribution is -0.120. The number of aliphatic hydroxyl groups excluding tert-OH is 1. The third-order valence-corrected chi connectivity index (χ3v) is 5.06. The van der Waals surface area contributed by atoms with Crippen molar-refractivity contribution in [2.75, 3.05) is 5.75 Å². The molecule has 2 aromatic rings. The number of hydrogen-bond donors (Lipinski definition) is 2. The van der Waals surface area contributed by atoms with Crippen molar-refractivity contribution in [3.63, 3.8) is 0 Å². The number of benzene rings is 1. The van der Waals surface area contributed by atoms with Crippen LogP contribution in [0.3, 0.4) is 0 Å². The van der Waals surface area contributed by atoms with Crippen LogP contribution in [0.1, 0.15) is 25.7 Å². The Hall–Kier alpha value is -1.59. The molecule has 0 spiro atoms. The molecule has 1 aromatic heterocycles. The molecule has 0 radical (unpaired) electrons. The van der Waals surface area contributed by atoms with Gasteiger partial charge in [-0.3, -0.25) is 4.79 Å². The van der Waals surface area contributed by atoms with Gasteiger partial charge >= 0.3 is 0 Å². The molecule has 1 aromatic carbocycles. The second-order valence-electron chi connectivity index (χ2n) is 5.65. The number of nitrogens with zero attached hydrogens (tertiary/aromatic N) is 1. The molecule has 5 heteroatoms. The van der Waals surface area contributed by atoms with Crippen molar-refractivity contribution >= 4 is 28.4 Å². The zero-order valence-electron chi connectivity index (χ0n) is 12.4. The third kappa shape index (κ3) is 3.59. The molecule has 1 amide bonds. The van der Waals surface area contributed by atoms with Crippen molar-refractivity contribution in [1.29, 1.82) is 0 Å². The second kappa shape index (κ2) is 7.11. The highest BCUT2D eigenvalue weighted by Crippen LogP contribution is 2.25. The van der Waals surface area contributed by atoms with E-state index < -0.39 is 6.10 Å². The van der Waals surface area contributed by atoms with E-state index in [1.807, 2.05) is 30.3 Å². The number of pyridine rings is 1. The molecule has 3 rings (SSSR count). The molecule has 2 unspecified atom stereocenters. The van der Waals surface area contributed by atoms with Crippen LogP contribution < -0.4 is 5.32 Å². The fourth-order valence-corrected chi connectivity index (χ4v) is 3.70. The van der Waals surface area contributed by atoms with Crippen LogP contribution in [0.25, 0.3) is 10.8 Å². The van der Waals surface area contributed by atoms with Gasteiger partial charge in [-0.1, -0.05) is 48.9 Å². The lowest BCUT2D eigenvalue weighted by atomic mass is 9.93. The van der Waals surface area contributed by atoms with Crippen LogP contribution in [0.15, 0.2) is 41.6 Å². The summed E-state index contributed by atoms with van der Waals surface area (Å²) in [5.74, 6) is 0.287. The molecule has 1 aliphatic rings. The van der Waals surface area contributed by atoms with E-state index in [9.17, 15) is 9.90 Å². The minimum absolute atomic E-state index is 0.0364. The van der Waals surface area contributed by atoms with Crippen molar-refractivity contribution in [1.82, 2.24) is 10.3 Å². The molecule has 116 valence electrons. The van der Waals surface area contributed by atoms with Gasteiger partial charge in [0.25, 0.3) is 0 Å². The Morgan fingerprint density at radius 1 is 1.27 bits per heavy atom. The predicted molar refractivity (Wildman–Crippen MR) is 88.9 cm³/mol. The minimum Gasteiger partial charge on any atom is -0.391 e. The molecule has 22 heavy (non-hydrogen) atoms. The topological polar surface area (TPSA) is 62.2 Å². The van der Waals surface area contributed by atoms with Crippen LogP contribution >= 0.6 is 11.8 Å². The first-order valence-electron chi connectivity index (χ1n) is 7.68. The van der Waals surface area contributed by atoms with E-state index in [0.29, 0.717) is 5.75 Å². The van der Waals surface area contributed by atoms with Gasteiger partial charge in [0.15, 0.2) is 0 Å². The van der Waals surface area contributed by atoms with Gasteiger partial charge in [0.1, 0.15) is 5.03 Å². The van der Waals surface area contributed by atoms with Crippen LogP contribution in [0.2, 0.25) is 0 Å². The first kappa shape index (κ1) is 15.3. The maximum Gasteiger partial charge on any atom is 0.230 e. The molecule has 1 aliphatic carbocycles. The number of aliphatic hydroxyl groups is 1. The largest absolute Gasteiger partial charge is 0.391 e. The molecule has 2 atom stereocenters. The van der Waals surface area contributed by atoms with E-state index in [1.165, 1.54) is 11.8 Å². The summed E-state index contributed by atoms with van der Waals surface area (Å²) >= 11 is 1.44. The van der Waals surface area contributed by atoms with Crippen LogP contribution in [0.5, 0.6) is 0 Å². The van der Waals surface area contributed by atoms with E-state index in [4.69, 9.17) is 0 Å². The van der Waals surface area contributed by atoms with Crippen molar-refractivity contribution in [2.45, 2.75) is 42.9 Å². The van der Waals surface area contributed by atoms with Crippen LogP contribution in [0, 0.1) is 0 Å². The molecule has 1 fully saturated rings. The van der Waals surface area contributed by atoms with E-state index in [-0.39, 0.29) is 11.9 Å². The van der Waals surface area contributed by atoms with Gasteiger partial charge < -0.3 is 10.4 Å². The second-order valence-corrected chi connectivity index (χ2v) is 6.62. The highest BCUT2D eigenvalue weighted by molar-refractivity contribution is 8.00. The third-order valence-electron chi connectivity index (χ3n) is 4.05. The van der Waals surface area contributed by atoms with E-state index in [2.05, 4.69) is 10.3 Å². The Morgan fingerprint density at radius 3 is 2.95 bits per heavy atom. The van der Waals surface area contributed by atoms with E-state index >= 15 is 0 Å². The smallest absolute Gasteiger partial charge is 0.230 e. The molecule has 1 saturated carbocycles. The lowest BCUT2D eigenvalue weighted by Crippen LogP contribution is -2.45. The number of aromatic nitrogens is 1. The summed E-state index contributed by atoms with van der Waals surface area (Å²) in [6.07, 6.45) is 5.13. The Bertz CT molecular complexity index is 657. The number of nitrogens with one attached hydrogen (secondary N) is 1. The van der Waals surface area contributed by atoms with Gasteiger partial charge in [-0.15, -0.1) is 0 Å². The highest BCUT2D eigenvalue weighted by Gasteiger charge is 2.24. The van der Waals surface area contributed by atoms with Crippen molar-refractivity contribution in [2.24, 2.45) is 0 Å². The Kier molecular flexibility index (Phi) is 4.95. The maximum absolute atomic E-state index is 12.1. The standard InChI is InChI=1S/C17H20N2O2S/c20-15-8-4-3-7-14(15)19-16(21)11-22-17-13-6-2-1-5-12(13)9-10-18-17/h1-2,5-6,9-10,14-15,20H,3-4,7-8,11H2,(H,19,21). The average Bonchev–Trinajstić information content (AvgIpc) is 2.55. The number of rotatable bonds is 4. The first-order valence-corrected chi connectivity index (χ1v) is 8.66. The quantitative estimate of drug-likeness (QED) is 0.852. The summed E-state index contributed by atoms with van der Waals surface area (Å²) in [5, 5.41) is 15.9. The zero-order valence-corrected chi connectivity index (χ0v) is 13.2. The Balaban J connectivity index is 1.60. The SMILES string of the molecule is O=C(CSc1nccc2ccccc12)NC1CCCCC1O. The summed E-state index contributed by atoms with van der Waals surface area (Å²) in [4.78, 5) is 16.5. The van der Waals surface area contributed by atoms with Gasteiger partial charge in [0, 0.05) is 11.6 Å². The fraction of sp³-hybridized carbons (Fsp3) is 0.412. The number of carbonyl (C=O) groups excluding carboxylic acids is 1. The summed E-state index contributed by atoms with van der Waals surface area (Å²) in [6.45, 7) is 0. The number of thioether (sulfide) groups is 1. The first-order chi connectivity index (χ1) is 10.7. The van der Waals surface area contributed by atoms with Gasteiger partial charge in [-0.25, -0.2) is 4.98 Å². The maximum atomic E-state index is 12.1. The number of carbonyl (C=O) groups is 1. The number of hydrogen-bond acceptors (Lipinski definition) is 4. The van der Waals surface area contributed by atoms with Gasteiger partial charge in [0.05, 0.1) is 17.9 Å². The summed E-state index contributed by atoms with van der Waals surface area (Å²) in [6, 6.07) is 9.91. The van der Waals surface area contributed by atoms with Crippen molar-refractivity contribution in [3.8, 4) is 0 Å². The molecule has 4 nitrogen and oxygen atoms in total. The van der Waals surface area contributed by atoms with E-state index in [1.54, 1.807) is 6.20 Å². The van der Waals surface area contributed by atoms with Crippen molar-refractivity contribution in [3.05, 3.63) is 36.5 Å². The molecule has 0 aliphatic heterocycles. The predicted octanol–water partition coefficient (Wildman–Crippen LogP) is 2.75. The normalized spacial score (nSPS) is 21.7. The number of fused-ring (bicyclic) bond motifs is 1. The van der Waals surface area contributed by atoms with Crippen LogP contribution in [0.4, 0.5) is 0 Å². The molecular weight excluding hydrogens is 296 g/mol. The van der Waals surface area contributed by atoms with Crippen molar-refractivity contribution < 1.29 is 9.90 Å². The lowest BCUT2D eigenvalue weighted by Gasteiger charge is -2.28. The monoisotopic (exact) mass is 316 g/mol. The number of amides is 1. The minimum atomic E-state index is -0.404. The highest BCUT2D eigenvalue weighted by atomic mass is 32.2. The average molecular weight is 316 g/mol. The van der Waals surface area contributed by atoms with Gasteiger partial charge in [0.2, 0.25) is 5.91 Å².